The first-order valence-electron chi connectivity index (χ1n) is 11.0. The van der Waals surface area contributed by atoms with E-state index in [1.54, 1.807) is 15.8 Å². The predicted octanol–water partition coefficient (Wildman–Crippen LogP) is 2.69. The Kier molecular flexibility index (Phi) is 5.95. The molecule has 1 N–H and O–H groups in total. The number of anilines is 1. The molecule has 2 aromatic heterocycles. The van der Waals surface area contributed by atoms with Gasteiger partial charge < -0.3 is 15.0 Å². The summed E-state index contributed by atoms with van der Waals surface area (Å²) < 4.78 is 7.12. The van der Waals surface area contributed by atoms with Gasteiger partial charge >= 0.3 is 6.03 Å². The number of amides is 2. The van der Waals surface area contributed by atoms with E-state index in [0.717, 1.165) is 64.8 Å². The van der Waals surface area contributed by atoms with Crippen molar-refractivity contribution in [3.63, 3.8) is 0 Å². The molecule has 0 aliphatic carbocycles. The molecule has 2 aliphatic heterocycles. The molecule has 2 amide bonds. The van der Waals surface area contributed by atoms with Gasteiger partial charge in [0.1, 0.15) is 4.83 Å². The molecular formula is C23H27N5O3S. The molecule has 0 saturated carbocycles. The van der Waals surface area contributed by atoms with Gasteiger partial charge in [0.25, 0.3) is 5.56 Å². The highest BCUT2D eigenvalue weighted by atomic mass is 32.1. The largest absolute Gasteiger partial charge is 0.379 e. The quantitative estimate of drug-likeness (QED) is 0.657. The Morgan fingerprint density at radius 1 is 1.22 bits per heavy atom. The van der Waals surface area contributed by atoms with Crippen LogP contribution in [0, 0.1) is 6.92 Å². The third-order valence-electron chi connectivity index (χ3n) is 6.14. The Hall–Kier alpha value is -2.75. The highest BCUT2D eigenvalue weighted by Gasteiger charge is 2.26. The third-order valence-corrected chi connectivity index (χ3v) is 7.27. The van der Waals surface area contributed by atoms with Gasteiger partial charge in [0.05, 0.1) is 31.5 Å². The van der Waals surface area contributed by atoms with Crippen LogP contribution in [0.1, 0.15) is 16.0 Å². The Balaban J connectivity index is 1.32. The predicted molar refractivity (Wildman–Crippen MR) is 125 cm³/mol. The van der Waals surface area contributed by atoms with Crippen molar-refractivity contribution < 1.29 is 9.53 Å². The minimum absolute atomic E-state index is 0.0263. The molecule has 0 bridgehead atoms. The summed E-state index contributed by atoms with van der Waals surface area (Å²) in [6, 6.07) is 7.66. The number of morpholine rings is 1. The average Bonchev–Trinajstić information content (AvgIpc) is 3.18. The standard InChI is InChI=1S/C23H27N5O3S/c1-16-3-2-4-17(13-16)25-23(30)27-6-5-18-19(14-27)32-21-20(18)22(29)28(15-24-21)8-7-26-9-11-31-12-10-26/h2-4,13,15H,5-12,14H2,1H3,(H,25,30). The number of carbonyl (C=O) groups excluding carboxylic acids is 1. The number of hydrogen-bond acceptors (Lipinski definition) is 6. The Labute approximate surface area is 190 Å². The van der Waals surface area contributed by atoms with Crippen LogP contribution in [0.3, 0.4) is 0 Å². The number of hydrogen-bond donors (Lipinski definition) is 1. The number of nitrogens with one attached hydrogen (secondary N) is 1. The number of nitrogens with zero attached hydrogens (tertiary/aromatic N) is 4. The number of aryl methyl sites for hydroxylation is 1. The molecule has 0 spiro atoms. The lowest BCUT2D eigenvalue weighted by atomic mass is 10.1. The topological polar surface area (TPSA) is 79.7 Å². The van der Waals surface area contributed by atoms with Crippen LogP contribution in [-0.2, 0) is 24.2 Å². The van der Waals surface area contributed by atoms with Crippen LogP contribution < -0.4 is 10.9 Å². The van der Waals surface area contributed by atoms with E-state index in [9.17, 15) is 9.59 Å². The minimum Gasteiger partial charge on any atom is -0.379 e. The molecule has 0 unspecified atom stereocenters. The van der Waals surface area contributed by atoms with E-state index in [2.05, 4.69) is 15.2 Å². The number of fused-ring (bicyclic) bond motifs is 3. The summed E-state index contributed by atoms with van der Waals surface area (Å²) in [6.45, 7) is 7.82. The van der Waals surface area contributed by atoms with Crippen molar-refractivity contribution >= 4 is 33.3 Å². The van der Waals surface area contributed by atoms with Crippen molar-refractivity contribution in [1.82, 2.24) is 19.4 Å². The van der Waals surface area contributed by atoms with Crippen LogP contribution in [-0.4, -0.2) is 64.8 Å². The lowest BCUT2D eigenvalue weighted by Gasteiger charge is -2.27. The van der Waals surface area contributed by atoms with Crippen molar-refractivity contribution in [3.8, 4) is 0 Å². The van der Waals surface area contributed by atoms with E-state index in [-0.39, 0.29) is 11.6 Å². The smallest absolute Gasteiger partial charge is 0.322 e. The lowest BCUT2D eigenvalue weighted by Crippen LogP contribution is -2.39. The van der Waals surface area contributed by atoms with Crippen molar-refractivity contribution in [1.29, 1.82) is 0 Å². The Morgan fingerprint density at radius 3 is 2.88 bits per heavy atom. The zero-order valence-electron chi connectivity index (χ0n) is 18.2. The summed E-state index contributed by atoms with van der Waals surface area (Å²) in [6.07, 6.45) is 2.33. The maximum Gasteiger partial charge on any atom is 0.322 e. The molecule has 9 heteroatoms. The normalized spacial score (nSPS) is 16.8. The van der Waals surface area contributed by atoms with Gasteiger partial charge in [-0.05, 0) is 36.6 Å². The highest BCUT2D eigenvalue weighted by molar-refractivity contribution is 7.18. The molecular weight excluding hydrogens is 426 g/mol. The SMILES string of the molecule is Cc1cccc(NC(=O)N2CCc3c(sc4ncn(CCN5CCOCC5)c(=O)c34)C2)c1. The number of ether oxygens (including phenoxy) is 1. The van der Waals surface area contributed by atoms with Gasteiger partial charge in [0.15, 0.2) is 0 Å². The van der Waals surface area contributed by atoms with Gasteiger partial charge in [-0.3, -0.25) is 14.3 Å². The van der Waals surface area contributed by atoms with Gasteiger partial charge in [0.2, 0.25) is 0 Å². The number of urea groups is 1. The van der Waals surface area contributed by atoms with Gasteiger partial charge in [-0.2, -0.15) is 0 Å². The summed E-state index contributed by atoms with van der Waals surface area (Å²) >= 11 is 1.53. The zero-order chi connectivity index (χ0) is 22.1. The maximum absolute atomic E-state index is 13.2. The van der Waals surface area contributed by atoms with Crippen LogP contribution in [0.15, 0.2) is 35.4 Å². The fourth-order valence-corrected chi connectivity index (χ4v) is 5.54. The minimum atomic E-state index is -0.116. The van der Waals surface area contributed by atoms with Crippen molar-refractivity contribution in [2.24, 2.45) is 0 Å². The number of rotatable bonds is 4. The fraction of sp³-hybridized carbons (Fsp3) is 0.435. The summed E-state index contributed by atoms with van der Waals surface area (Å²) in [7, 11) is 0. The summed E-state index contributed by atoms with van der Waals surface area (Å²) in [4.78, 5) is 36.5. The molecule has 4 heterocycles. The van der Waals surface area contributed by atoms with E-state index in [4.69, 9.17) is 4.74 Å². The number of carbonyl (C=O) groups is 1. The van der Waals surface area contributed by atoms with Gasteiger partial charge in [0, 0.05) is 43.3 Å². The summed E-state index contributed by atoms with van der Waals surface area (Å²) in [5.41, 5.74) is 2.98. The van der Waals surface area contributed by atoms with Crippen molar-refractivity contribution in [3.05, 3.63) is 57.0 Å². The molecule has 8 nitrogen and oxygen atoms in total. The van der Waals surface area contributed by atoms with Crippen LogP contribution in [0.2, 0.25) is 0 Å². The van der Waals surface area contributed by atoms with E-state index in [1.165, 1.54) is 11.3 Å². The molecule has 1 saturated heterocycles. The van der Waals surface area contributed by atoms with Crippen LogP contribution in [0.25, 0.3) is 10.2 Å². The average molecular weight is 454 g/mol. The third kappa shape index (κ3) is 4.28. The molecule has 5 rings (SSSR count). The first-order chi connectivity index (χ1) is 15.6. The summed E-state index contributed by atoms with van der Waals surface area (Å²) in [5, 5.41) is 3.71. The number of benzene rings is 1. The number of aromatic nitrogens is 2. The zero-order valence-corrected chi connectivity index (χ0v) is 19.0. The highest BCUT2D eigenvalue weighted by Crippen LogP contribution is 2.32. The molecule has 1 aromatic carbocycles. The molecule has 1 fully saturated rings. The van der Waals surface area contributed by atoms with E-state index in [0.29, 0.717) is 26.1 Å². The molecule has 168 valence electrons. The molecule has 0 atom stereocenters. The Bertz CT molecular complexity index is 1200. The molecule has 3 aromatic rings. The Morgan fingerprint density at radius 2 is 2.06 bits per heavy atom. The second-order valence-corrected chi connectivity index (χ2v) is 9.44. The van der Waals surface area contributed by atoms with Gasteiger partial charge in [-0.25, -0.2) is 9.78 Å². The fourth-order valence-electron chi connectivity index (χ4n) is 4.35. The number of thiophene rings is 1. The van der Waals surface area contributed by atoms with E-state index < -0.39 is 0 Å². The van der Waals surface area contributed by atoms with E-state index in [1.807, 2.05) is 31.2 Å². The second kappa shape index (κ2) is 9.01. The first-order valence-corrected chi connectivity index (χ1v) is 11.8. The second-order valence-electron chi connectivity index (χ2n) is 8.35. The maximum atomic E-state index is 13.2. The van der Waals surface area contributed by atoms with Crippen LogP contribution >= 0.6 is 11.3 Å². The van der Waals surface area contributed by atoms with Gasteiger partial charge in [-0.15, -0.1) is 11.3 Å². The van der Waals surface area contributed by atoms with E-state index >= 15 is 0 Å². The molecule has 32 heavy (non-hydrogen) atoms. The molecule has 2 aliphatic rings. The monoisotopic (exact) mass is 453 g/mol. The van der Waals surface area contributed by atoms with Crippen molar-refractivity contribution in [2.45, 2.75) is 26.4 Å². The van der Waals surface area contributed by atoms with Crippen molar-refractivity contribution in [2.75, 3.05) is 44.7 Å². The molecule has 0 radical (unpaired) electrons. The van der Waals surface area contributed by atoms with Crippen LogP contribution in [0.5, 0.6) is 0 Å². The summed E-state index contributed by atoms with van der Waals surface area (Å²) in [5.74, 6) is 0. The van der Waals surface area contributed by atoms with Gasteiger partial charge in [-0.1, -0.05) is 12.1 Å². The first kappa shape index (κ1) is 21.1. The van der Waals surface area contributed by atoms with Crippen LogP contribution in [0.4, 0.5) is 10.5 Å². The lowest BCUT2D eigenvalue weighted by molar-refractivity contribution is 0.0362.